The maximum atomic E-state index is 5.91. The maximum absolute atomic E-state index is 5.91. The molecule has 3 N–H and O–H groups in total. The molecular weight excluding hydrogens is 228 g/mol. The standard InChI is InChI=1S/C14H14N2O2/c1-17-8-3-6-12-10(7-8)9-4-5-11(15)14(18-2)13(9)16-12/h3-7,16H,15H2,1-2H3. The lowest BCUT2D eigenvalue weighted by Crippen LogP contribution is -1.92. The van der Waals surface area contributed by atoms with Crippen molar-refractivity contribution < 1.29 is 9.47 Å². The van der Waals surface area contributed by atoms with Crippen molar-refractivity contribution in [2.45, 2.75) is 0 Å². The monoisotopic (exact) mass is 242 g/mol. The molecule has 0 aliphatic heterocycles. The number of ether oxygens (including phenoxy) is 2. The first-order chi connectivity index (χ1) is 8.74. The van der Waals surface area contributed by atoms with Gasteiger partial charge in [-0.05, 0) is 30.3 Å². The minimum Gasteiger partial charge on any atom is -0.497 e. The van der Waals surface area contributed by atoms with Gasteiger partial charge in [-0.1, -0.05) is 0 Å². The van der Waals surface area contributed by atoms with Crippen molar-refractivity contribution in [1.29, 1.82) is 0 Å². The van der Waals surface area contributed by atoms with Crippen LogP contribution >= 0.6 is 0 Å². The lowest BCUT2D eigenvalue weighted by molar-refractivity contribution is 0.415. The molecule has 3 aromatic rings. The van der Waals surface area contributed by atoms with Crippen LogP contribution in [0, 0.1) is 0 Å². The molecule has 0 radical (unpaired) electrons. The number of aromatic nitrogens is 1. The number of nitrogens with two attached hydrogens (primary N) is 1. The van der Waals surface area contributed by atoms with Crippen LogP contribution in [0.4, 0.5) is 5.69 Å². The van der Waals surface area contributed by atoms with Crippen molar-refractivity contribution in [1.82, 2.24) is 4.98 Å². The number of hydrogen-bond donors (Lipinski definition) is 2. The third kappa shape index (κ3) is 1.39. The Hall–Kier alpha value is -2.36. The number of aromatic amines is 1. The Balaban J connectivity index is 2.43. The molecule has 4 nitrogen and oxygen atoms in total. The summed E-state index contributed by atoms with van der Waals surface area (Å²) in [4.78, 5) is 3.33. The van der Waals surface area contributed by atoms with Crippen molar-refractivity contribution in [2.75, 3.05) is 20.0 Å². The van der Waals surface area contributed by atoms with E-state index in [1.54, 1.807) is 14.2 Å². The van der Waals surface area contributed by atoms with E-state index in [-0.39, 0.29) is 0 Å². The molecule has 2 aromatic carbocycles. The molecule has 0 aliphatic carbocycles. The summed E-state index contributed by atoms with van der Waals surface area (Å²) in [5.74, 6) is 1.52. The van der Waals surface area contributed by atoms with Crippen LogP contribution in [-0.2, 0) is 0 Å². The molecule has 18 heavy (non-hydrogen) atoms. The molecule has 3 rings (SSSR count). The lowest BCUT2D eigenvalue weighted by Gasteiger charge is -2.04. The Morgan fingerprint density at radius 3 is 2.56 bits per heavy atom. The minimum absolute atomic E-state index is 0.628. The third-order valence-corrected chi connectivity index (χ3v) is 3.17. The van der Waals surface area contributed by atoms with Crippen molar-refractivity contribution in [3.63, 3.8) is 0 Å². The summed E-state index contributed by atoms with van der Waals surface area (Å²) in [6.45, 7) is 0. The molecule has 0 saturated carbocycles. The first-order valence-electron chi connectivity index (χ1n) is 5.66. The first kappa shape index (κ1) is 10.8. The summed E-state index contributed by atoms with van der Waals surface area (Å²) >= 11 is 0. The Labute approximate surface area is 104 Å². The highest BCUT2D eigenvalue weighted by Gasteiger charge is 2.11. The fourth-order valence-corrected chi connectivity index (χ4v) is 2.28. The zero-order chi connectivity index (χ0) is 12.7. The molecule has 92 valence electrons. The number of hydrogen-bond acceptors (Lipinski definition) is 3. The SMILES string of the molecule is COc1ccc2[nH]c3c(OC)c(N)ccc3c2c1. The summed E-state index contributed by atoms with van der Waals surface area (Å²) in [5, 5.41) is 2.18. The molecule has 0 amide bonds. The summed E-state index contributed by atoms with van der Waals surface area (Å²) in [5.41, 5.74) is 8.49. The smallest absolute Gasteiger partial charge is 0.165 e. The van der Waals surface area contributed by atoms with E-state index >= 15 is 0 Å². The predicted molar refractivity (Wildman–Crippen MR) is 73.3 cm³/mol. The molecule has 0 unspecified atom stereocenters. The summed E-state index contributed by atoms with van der Waals surface area (Å²) < 4.78 is 10.6. The fourth-order valence-electron chi connectivity index (χ4n) is 2.28. The van der Waals surface area contributed by atoms with Crippen LogP contribution in [0.3, 0.4) is 0 Å². The maximum Gasteiger partial charge on any atom is 0.165 e. The number of nitrogen functional groups attached to an aromatic ring is 1. The molecule has 4 heteroatoms. The molecule has 0 aliphatic rings. The normalized spacial score (nSPS) is 11.0. The van der Waals surface area contributed by atoms with Crippen LogP contribution in [0.25, 0.3) is 21.8 Å². The van der Waals surface area contributed by atoms with Crippen LogP contribution in [0.1, 0.15) is 0 Å². The van der Waals surface area contributed by atoms with E-state index in [0.29, 0.717) is 11.4 Å². The van der Waals surface area contributed by atoms with Gasteiger partial charge in [0.2, 0.25) is 0 Å². The van der Waals surface area contributed by atoms with Gasteiger partial charge >= 0.3 is 0 Å². The Bertz CT molecular complexity index is 731. The van der Waals surface area contributed by atoms with Gasteiger partial charge in [-0.15, -0.1) is 0 Å². The Morgan fingerprint density at radius 2 is 1.83 bits per heavy atom. The molecule has 0 atom stereocenters. The van der Waals surface area contributed by atoms with Gasteiger partial charge in [-0.3, -0.25) is 0 Å². The minimum atomic E-state index is 0.628. The molecule has 1 heterocycles. The molecule has 0 saturated heterocycles. The van der Waals surface area contributed by atoms with Crippen molar-refractivity contribution in [3.8, 4) is 11.5 Å². The second kappa shape index (κ2) is 3.84. The van der Waals surface area contributed by atoms with E-state index < -0.39 is 0 Å². The topological polar surface area (TPSA) is 60.3 Å². The van der Waals surface area contributed by atoms with E-state index in [1.165, 1.54) is 0 Å². The average Bonchev–Trinajstić information content (AvgIpc) is 2.76. The predicted octanol–water partition coefficient (Wildman–Crippen LogP) is 2.92. The van der Waals surface area contributed by atoms with E-state index in [9.17, 15) is 0 Å². The van der Waals surface area contributed by atoms with Crippen molar-refractivity contribution in [2.24, 2.45) is 0 Å². The van der Waals surface area contributed by atoms with Gasteiger partial charge in [0.1, 0.15) is 5.75 Å². The van der Waals surface area contributed by atoms with E-state index in [4.69, 9.17) is 15.2 Å². The molecule has 0 bridgehead atoms. The van der Waals surface area contributed by atoms with Gasteiger partial charge in [-0.2, -0.15) is 0 Å². The highest BCUT2D eigenvalue weighted by molar-refractivity contribution is 6.10. The Kier molecular flexibility index (Phi) is 2.30. The number of benzene rings is 2. The number of methoxy groups -OCH3 is 2. The molecule has 1 aromatic heterocycles. The van der Waals surface area contributed by atoms with E-state index in [2.05, 4.69) is 4.98 Å². The number of nitrogens with one attached hydrogen (secondary N) is 1. The number of rotatable bonds is 2. The summed E-state index contributed by atoms with van der Waals surface area (Å²) in [7, 11) is 3.28. The summed E-state index contributed by atoms with van der Waals surface area (Å²) in [6, 6.07) is 9.76. The first-order valence-corrected chi connectivity index (χ1v) is 5.66. The zero-order valence-corrected chi connectivity index (χ0v) is 10.3. The lowest BCUT2D eigenvalue weighted by atomic mass is 10.1. The van der Waals surface area contributed by atoms with Crippen LogP contribution < -0.4 is 15.2 Å². The largest absolute Gasteiger partial charge is 0.497 e. The van der Waals surface area contributed by atoms with Gasteiger partial charge < -0.3 is 20.2 Å². The van der Waals surface area contributed by atoms with Gasteiger partial charge in [-0.25, -0.2) is 0 Å². The molecule has 0 fully saturated rings. The van der Waals surface area contributed by atoms with Crippen LogP contribution in [-0.4, -0.2) is 19.2 Å². The third-order valence-electron chi connectivity index (χ3n) is 3.17. The highest BCUT2D eigenvalue weighted by atomic mass is 16.5. The quantitative estimate of drug-likeness (QED) is 0.679. The number of anilines is 1. The number of H-pyrrole nitrogens is 1. The van der Waals surface area contributed by atoms with Crippen LogP contribution in [0.15, 0.2) is 30.3 Å². The average molecular weight is 242 g/mol. The van der Waals surface area contributed by atoms with Crippen molar-refractivity contribution >= 4 is 27.5 Å². The second-order valence-corrected chi connectivity index (χ2v) is 4.15. The van der Waals surface area contributed by atoms with Gasteiger partial charge in [0.25, 0.3) is 0 Å². The van der Waals surface area contributed by atoms with Crippen LogP contribution in [0.5, 0.6) is 11.5 Å². The zero-order valence-electron chi connectivity index (χ0n) is 10.3. The van der Waals surface area contributed by atoms with E-state index in [1.807, 2.05) is 30.3 Å². The van der Waals surface area contributed by atoms with Gasteiger partial charge in [0.15, 0.2) is 5.75 Å². The second-order valence-electron chi connectivity index (χ2n) is 4.15. The molecule has 0 spiro atoms. The number of fused-ring (bicyclic) bond motifs is 3. The Morgan fingerprint density at radius 1 is 1.00 bits per heavy atom. The fraction of sp³-hybridized carbons (Fsp3) is 0.143. The molecular formula is C14H14N2O2. The van der Waals surface area contributed by atoms with Crippen LogP contribution in [0.2, 0.25) is 0 Å². The highest BCUT2D eigenvalue weighted by Crippen LogP contribution is 2.36. The van der Waals surface area contributed by atoms with E-state index in [0.717, 1.165) is 27.6 Å². The van der Waals surface area contributed by atoms with Gasteiger partial charge in [0.05, 0.1) is 25.4 Å². The van der Waals surface area contributed by atoms with Gasteiger partial charge in [0, 0.05) is 16.3 Å². The van der Waals surface area contributed by atoms with Crippen molar-refractivity contribution in [3.05, 3.63) is 30.3 Å². The summed E-state index contributed by atoms with van der Waals surface area (Å²) in [6.07, 6.45) is 0.